The molecule has 2 heterocycles. The van der Waals surface area contributed by atoms with Gasteiger partial charge in [-0.1, -0.05) is 18.2 Å². The normalized spacial score (nSPS) is 11.2. The van der Waals surface area contributed by atoms with Gasteiger partial charge in [-0.2, -0.15) is 0 Å². The van der Waals surface area contributed by atoms with Crippen LogP contribution in [0.3, 0.4) is 0 Å². The number of hydrogen-bond donors (Lipinski definition) is 2. The minimum atomic E-state index is 0.269. The summed E-state index contributed by atoms with van der Waals surface area (Å²) >= 11 is 0. The molecule has 0 aliphatic heterocycles. The smallest absolute Gasteiger partial charge is 0.125 e. The minimum Gasteiger partial charge on any atom is -0.507 e. The van der Waals surface area contributed by atoms with Crippen molar-refractivity contribution in [1.82, 2.24) is 15.0 Å². The number of aromatic nitrogens is 3. The number of phenols is 1. The van der Waals surface area contributed by atoms with Crippen LogP contribution in [0, 0.1) is 0 Å². The number of benzene rings is 2. The van der Waals surface area contributed by atoms with Crippen molar-refractivity contribution in [1.29, 1.82) is 0 Å². The van der Waals surface area contributed by atoms with Gasteiger partial charge in [-0.15, -0.1) is 0 Å². The molecule has 0 radical (unpaired) electrons. The monoisotopic (exact) mass is 261 g/mol. The highest BCUT2D eigenvalue weighted by Gasteiger charge is 2.13. The lowest BCUT2D eigenvalue weighted by molar-refractivity contribution is 0.482. The van der Waals surface area contributed by atoms with E-state index < -0.39 is 0 Å². The van der Waals surface area contributed by atoms with Gasteiger partial charge in [0.25, 0.3) is 0 Å². The first kappa shape index (κ1) is 11.0. The number of H-pyrrole nitrogens is 1. The van der Waals surface area contributed by atoms with Crippen LogP contribution in [0.5, 0.6) is 5.75 Å². The molecule has 2 aromatic carbocycles. The molecule has 4 rings (SSSR count). The van der Waals surface area contributed by atoms with Crippen molar-refractivity contribution >= 4 is 21.8 Å². The van der Waals surface area contributed by atoms with E-state index in [1.807, 2.05) is 30.3 Å². The van der Waals surface area contributed by atoms with Crippen molar-refractivity contribution in [3.8, 4) is 17.0 Å². The molecular formula is C16H11N3O. The zero-order chi connectivity index (χ0) is 13.5. The lowest BCUT2D eigenvalue weighted by Crippen LogP contribution is -1.85. The first-order valence-corrected chi connectivity index (χ1v) is 6.33. The second kappa shape index (κ2) is 4.06. The Labute approximate surface area is 114 Å². The molecule has 96 valence electrons. The summed E-state index contributed by atoms with van der Waals surface area (Å²) in [5.74, 6) is 0.269. The number of hydrogen-bond acceptors (Lipinski definition) is 3. The van der Waals surface area contributed by atoms with Gasteiger partial charge in [0.15, 0.2) is 0 Å². The van der Waals surface area contributed by atoms with Crippen molar-refractivity contribution in [3.63, 3.8) is 0 Å². The van der Waals surface area contributed by atoms with Crippen LogP contribution >= 0.6 is 0 Å². The predicted molar refractivity (Wildman–Crippen MR) is 78.5 cm³/mol. The van der Waals surface area contributed by atoms with Crippen LogP contribution in [0.25, 0.3) is 33.1 Å². The fraction of sp³-hybridized carbons (Fsp3) is 0. The van der Waals surface area contributed by atoms with Gasteiger partial charge in [-0.3, -0.25) is 9.97 Å². The van der Waals surface area contributed by atoms with Gasteiger partial charge in [0.05, 0.1) is 17.4 Å². The van der Waals surface area contributed by atoms with Gasteiger partial charge < -0.3 is 10.1 Å². The standard InChI is InChI=1S/C16H11N3O/c20-14-6-5-11(13-9-17-7-8-18-13)16-15(14)10-3-1-2-4-12(10)19-16/h1-9,19-20H. The van der Waals surface area contributed by atoms with Crippen LogP contribution in [-0.2, 0) is 0 Å². The van der Waals surface area contributed by atoms with E-state index in [0.29, 0.717) is 0 Å². The molecule has 0 saturated heterocycles. The van der Waals surface area contributed by atoms with Crippen molar-refractivity contribution in [2.45, 2.75) is 0 Å². The zero-order valence-corrected chi connectivity index (χ0v) is 10.5. The number of aromatic amines is 1. The van der Waals surface area contributed by atoms with Crippen LogP contribution in [0.2, 0.25) is 0 Å². The molecule has 4 nitrogen and oxygen atoms in total. The maximum absolute atomic E-state index is 10.2. The average Bonchev–Trinajstić information content (AvgIpc) is 2.88. The SMILES string of the molecule is Oc1ccc(-c2cnccn2)c2[nH]c3ccccc3c12. The number of nitrogens with zero attached hydrogens (tertiary/aromatic N) is 2. The second-order valence-electron chi connectivity index (χ2n) is 4.64. The molecule has 4 aromatic rings. The second-order valence-corrected chi connectivity index (χ2v) is 4.64. The van der Waals surface area contributed by atoms with Crippen LogP contribution in [0.15, 0.2) is 55.0 Å². The summed E-state index contributed by atoms with van der Waals surface area (Å²) in [4.78, 5) is 11.8. The molecule has 0 aliphatic carbocycles. The molecule has 0 atom stereocenters. The summed E-state index contributed by atoms with van der Waals surface area (Å²) < 4.78 is 0. The zero-order valence-electron chi connectivity index (χ0n) is 10.5. The van der Waals surface area contributed by atoms with Crippen LogP contribution in [0.1, 0.15) is 0 Å². The van der Waals surface area contributed by atoms with Gasteiger partial charge >= 0.3 is 0 Å². The van der Waals surface area contributed by atoms with Crippen molar-refractivity contribution in [2.75, 3.05) is 0 Å². The molecular weight excluding hydrogens is 250 g/mol. The Kier molecular flexibility index (Phi) is 2.23. The first-order valence-electron chi connectivity index (χ1n) is 6.33. The third-order valence-electron chi connectivity index (χ3n) is 3.48. The number of nitrogens with one attached hydrogen (secondary N) is 1. The Morgan fingerprint density at radius 2 is 1.90 bits per heavy atom. The quantitative estimate of drug-likeness (QED) is 0.551. The maximum atomic E-state index is 10.2. The topological polar surface area (TPSA) is 61.8 Å². The number of aromatic hydroxyl groups is 1. The molecule has 4 heteroatoms. The molecule has 0 unspecified atom stereocenters. The summed E-state index contributed by atoms with van der Waals surface area (Å²) in [5.41, 5.74) is 3.59. The van der Waals surface area contributed by atoms with E-state index in [1.54, 1.807) is 24.7 Å². The first-order chi connectivity index (χ1) is 9.84. The van der Waals surface area contributed by atoms with Gasteiger partial charge in [0.2, 0.25) is 0 Å². The number of phenolic OH excluding ortho intramolecular Hbond substituents is 1. The third kappa shape index (κ3) is 1.48. The Balaban J connectivity index is 2.16. The molecule has 0 aliphatic rings. The highest BCUT2D eigenvalue weighted by atomic mass is 16.3. The van der Waals surface area contributed by atoms with E-state index in [1.165, 1.54) is 0 Å². The number of fused-ring (bicyclic) bond motifs is 3. The van der Waals surface area contributed by atoms with E-state index >= 15 is 0 Å². The lowest BCUT2D eigenvalue weighted by Gasteiger charge is -2.03. The molecule has 20 heavy (non-hydrogen) atoms. The molecule has 0 amide bonds. The number of rotatable bonds is 1. The van der Waals surface area contributed by atoms with Gasteiger partial charge in [0, 0.05) is 34.2 Å². The Bertz CT molecular complexity index is 913. The highest BCUT2D eigenvalue weighted by molar-refractivity contribution is 6.14. The van der Waals surface area contributed by atoms with Crippen LogP contribution < -0.4 is 0 Å². The Morgan fingerprint density at radius 1 is 1.00 bits per heavy atom. The summed E-state index contributed by atoms with van der Waals surface area (Å²) in [6.07, 6.45) is 5.03. The largest absolute Gasteiger partial charge is 0.507 e. The third-order valence-corrected chi connectivity index (χ3v) is 3.48. The summed E-state index contributed by atoms with van der Waals surface area (Å²) in [6, 6.07) is 11.5. The van der Waals surface area contributed by atoms with Crippen molar-refractivity contribution in [3.05, 3.63) is 55.0 Å². The molecule has 0 saturated carbocycles. The lowest BCUT2D eigenvalue weighted by atomic mass is 10.1. The number of para-hydroxylation sites is 1. The van der Waals surface area contributed by atoms with E-state index in [0.717, 1.165) is 33.1 Å². The molecule has 0 bridgehead atoms. The van der Waals surface area contributed by atoms with Crippen LogP contribution in [0.4, 0.5) is 0 Å². The van der Waals surface area contributed by atoms with E-state index in [4.69, 9.17) is 0 Å². The Hall–Kier alpha value is -2.88. The van der Waals surface area contributed by atoms with Crippen molar-refractivity contribution in [2.24, 2.45) is 0 Å². The van der Waals surface area contributed by atoms with Gasteiger partial charge in [-0.05, 0) is 18.2 Å². The van der Waals surface area contributed by atoms with Gasteiger partial charge in [-0.25, -0.2) is 0 Å². The summed E-state index contributed by atoms with van der Waals surface area (Å²) in [5, 5.41) is 12.0. The van der Waals surface area contributed by atoms with Crippen molar-refractivity contribution < 1.29 is 5.11 Å². The summed E-state index contributed by atoms with van der Waals surface area (Å²) in [6.45, 7) is 0. The average molecular weight is 261 g/mol. The van der Waals surface area contributed by atoms with E-state index in [2.05, 4.69) is 15.0 Å². The fourth-order valence-corrected chi connectivity index (χ4v) is 2.59. The fourth-order valence-electron chi connectivity index (χ4n) is 2.59. The van der Waals surface area contributed by atoms with Crippen LogP contribution in [-0.4, -0.2) is 20.1 Å². The highest BCUT2D eigenvalue weighted by Crippen LogP contribution is 2.37. The molecule has 2 N–H and O–H groups in total. The minimum absolute atomic E-state index is 0.269. The predicted octanol–water partition coefficient (Wildman–Crippen LogP) is 3.48. The Morgan fingerprint density at radius 3 is 2.75 bits per heavy atom. The van der Waals surface area contributed by atoms with Gasteiger partial charge in [0.1, 0.15) is 5.75 Å². The molecule has 0 spiro atoms. The maximum Gasteiger partial charge on any atom is 0.125 e. The summed E-state index contributed by atoms with van der Waals surface area (Å²) in [7, 11) is 0. The molecule has 2 aromatic heterocycles. The molecule has 0 fully saturated rings. The van der Waals surface area contributed by atoms with E-state index in [9.17, 15) is 5.11 Å². The van der Waals surface area contributed by atoms with E-state index in [-0.39, 0.29) is 5.75 Å².